The van der Waals surface area contributed by atoms with Crippen LogP contribution in [0.3, 0.4) is 0 Å². The van der Waals surface area contributed by atoms with Crippen LogP contribution in [-0.2, 0) is 29.2 Å². The first-order valence-electron chi connectivity index (χ1n) is 16.5. The molecular weight excluding hydrogens is 574 g/mol. The highest BCUT2D eigenvalue weighted by Gasteiger charge is 2.39. The predicted molar refractivity (Wildman–Crippen MR) is 181 cm³/mol. The maximum absolute atomic E-state index is 12.4. The van der Waals surface area contributed by atoms with Gasteiger partial charge in [-0.2, -0.15) is 0 Å². The Morgan fingerprint density at radius 2 is 1.41 bits per heavy atom. The number of amides is 2. The van der Waals surface area contributed by atoms with E-state index in [9.17, 15) is 9.90 Å². The first kappa shape index (κ1) is 32.0. The van der Waals surface area contributed by atoms with E-state index in [1.807, 2.05) is 54.6 Å². The number of likely N-dealkylation sites (tertiary alicyclic amines) is 1. The molecular formula is C39H45N3O4. The minimum atomic E-state index is -0.508. The fraction of sp³-hybridized carbons (Fsp3) is 0.359. The van der Waals surface area contributed by atoms with E-state index >= 15 is 0 Å². The lowest BCUT2D eigenvalue weighted by atomic mass is 9.89. The number of ether oxygens (including phenoxy) is 2. The smallest absolute Gasteiger partial charge is 0.315 e. The number of nitrogens with zero attached hydrogens (tertiary/aromatic N) is 1. The molecule has 7 heteroatoms. The van der Waals surface area contributed by atoms with Crippen LogP contribution in [0.25, 0.3) is 11.1 Å². The zero-order valence-corrected chi connectivity index (χ0v) is 26.6. The van der Waals surface area contributed by atoms with Gasteiger partial charge in [-0.15, -0.1) is 0 Å². The number of hydrogen-bond donors (Lipinski definition) is 3. The summed E-state index contributed by atoms with van der Waals surface area (Å²) in [6, 6.07) is 34.4. The summed E-state index contributed by atoms with van der Waals surface area (Å²) >= 11 is 0. The van der Waals surface area contributed by atoms with Gasteiger partial charge in [-0.05, 0) is 71.4 Å². The van der Waals surface area contributed by atoms with Crippen molar-refractivity contribution in [3.05, 3.63) is 131 Å². The maximum Gasteiger partial charge on any atom is 0.315 e. The van der Waals surface area contributed by atoms with Crippen LogP contribution in [0.15, 0.2) is 103 Å². The topological polar surface area (TPSA) is 83.1 Å². The van der Waals surface area contributed by atoms with Crippen molar-refractivity contribution in [3.8, 4) is 11.1 Å². The lowest BCUT2D eigenvalue weighted by Crippen LogP contribution is -2.45. The molecule has 4 aromatic carbocycles. The van der Waals surface area contributed by atoms with Crippen molar-refractivity contribution in [1.29, 1.82) is 0 Å². The SMILES string of the molecule is CC1C(CN2CCCCC2)OC(c2cccc(-c3cccc(CNC(=O)NCc4ccccc4)c3)c2)OC1c1ccc(CO)cc1. The second-order valence-electron chi connectivity index (χ2n) is 12.5. The number of piperidine rings is 1. The molecule has 0 saturated carbocycles. The molecule has 4 aromatic rings. The van der Waals surface area contributed by atoms with Crippen molar-refractivity contribution in [1.82, 2.24) is 15.5 Å². The van der Waals surface area contributed by atoms with E-state index in [0.717, 1.165) is 58.6 Å². The van der Waals surface area contributed by atoms with Crippen molar-refractivity contribution < 1.29 is 19.4 Å². The first-order valence-corrected chi connectivity index (χ1v) is 16.5. The predicted octanol–water partition coefficient (Wildman–Crippen LogP) is 7.12. The number of benzene rings is 4. The summed E-state index contributed by atoms with van der Waals surface area (Å²) in [5.41, 5.74) is 7.18. The van der Waals surface area contributed by atoms with Crippen LogP contribution < -0.4 is 10.6 Å². The summed E-state index contributed by atoms with van der Waals surface area (Å²) in [7, 11) is 0. The van der Waals surface area contributed by atoms with Crippen molar-refractivity contribution >= 4 is 6.03 Å². The molecule has 3 N–H and O–H groups in total. The van der Waals surface area contributed by atoms with Gasteiger partial charge >= 0.3 is 6.03 Å². The quantitative estimate of drug-likeness (QED) is 0.176. The molecule has 2 heterocycles. The van der Waals surface area contributed by atoms with Gasteiger partial charge in [-0.1, -0.05) is 104 Å². The van der Waals surface area contributed by atoms with Gasteiger partial charge in [-0.25, -0.2) is 4.79 Å². The molecule has 240 valence electrons. The summed E-state index contributed by atoms with van der Waals surface area (Å²) in [5.74, 6) is 0.162. The lowest BCUT2D eigenvalue weighted by molar-refractivity contribution is -0.276. The van der Waals surface area contributed by atoms with Gasteiger partial charge in [0.05, 0.1) is 18.8 Å². The van der Waals surface area contributed by atoms with E-state index in [2.05, 4.69) is 71.0 Å². The van der Waals surface area contributed by atoms with Crippen LogP contribution in [0.4, 0.5) is 4.79 Å². The Hall–Kier alpha value is -4.01. The molecule has 0 aromatic heterocycles. The molecule has 0 bridgehead atoms. The average Bonchev–Trinajstić information content (AvgIpc) is 3.12. The largest absolute Gasteiger partial charge is 0.392 e. The van der Waals surface area contributed by atoms with Crippen LogP contribution in [-0.4, -0.2) is 41.8 Å². The van der Waals surface area contributed by atoms with Crippen molar-refractivity contribution in [2.75, 3.05) is 19.6 Å². The third-order valence-electron chi connectivity index (χ3n) is 9.18. The Morgan fingerprint density at radius 1 is 0.739 bits per heavy atom. The normalized spacial score (nSPS) is 21.9. The number of nitrogens with one attached hydrogen (secondary N) is 2. The van der Waals surface area contributed by atoms with Crippen molar-refractivity contribution in [3.63, 3.8) is 0 Å². The van der Waals surface area contributed by atoms with E-state index in [1.54, 1.807) is 0 Å². The van der Waals surface area contributed by atoms with E-state index in [1.165, 1.54) is 19.3 Å². The Bertz CT molecular complexity index is 1560. The van der Waals surface area contributed by atoms with Gasteiger partial charge in [-0.3, -0.25) is 0 Å². The molecule has 0 spiro atoms. The fourth-order valence-electron chi connectivity index (χ4n) is 6.47. The maximum atomic E-state index is 12.4. The first-order chi connectivity index (χ1) is 22.6. The number of rotatable bonds is 10. The highest BCUT2D eigenvalue weighted by molar-refractivity contribution is 5.74. The van der Waals surface area contributed by atoms with Crippen LogP contribution >= 0.6 is 0 Å². The van der Waals surface area contributed by atoms with Crippen LogP contribution in [0, 0.1) is 5.92 Å². The number of carbonyl (C=O) groups excluding carboxylic acids is 1. The zero-order chi connectivity index (χ0) is 31.7. The molecule has 0 aliphatic carbocycles. The summed E-state index contributed by atoms with van der Waals surface area (Å²) < 4.78 is 13.5. The average molecular weight is 620 g/mol. The fourth-order valence-corrected chi connectivity index (χ4v) is 6.47. The zero-order valence-electron chi connectivity index (χ0n) is 26.6. The number of carbonyl (C=O) groups is 1. The summed E-state index contributed by atoms with van der Waals surface area (Å²) in [5, 5.41) is 15.5. The van der Waals surface area contributed by atoms with Gasteiger partial charge in [0.2, 0.25) is 0 Å². The summed E-state index contributed by atoms with van der Waals surface area (Å²) in [6.07, 6.45) is 3.16. The molecule has 46 heavy (non-hydrogen) atoms. The number of aliphatic hydroxyl groups is 1. The van der Waals surface area contributed by atoms with E-state index < -0.39 is 6.29 Å². The molecule has 7 nitrogen and oxygen atoms in total. The van der Waals surface area contributed by atoms with Crippen LogP contribution in [0.2, 0.25) is 0 Å². The third-order valence-corrected chi connectivity index (χ3v) is 9.18. The molecule has 0 radical (unpaired) electrons. The highest BCUT2D eigenvalue weighted by atomic mass is 16.7. The van der Waals surface area contributed by atoms with Gasteiger partial charge < -0.3 is 30.1 Å². The van der Waals surface area contributed by atoms with E-state index in [-0.39, 0.29) is 30.8 Å². The second kappa shape index (κ2) is 15.5. The number of aliphatic hydroxyl groups excluding tert-OH is 1. The van der Waals surface area contributed by atoms with Gasteiger partial charge in [0.25, 0.3) is 0 Å². The van der Waals surface area contributed by atoms with Gasteiger partial charge in [0.15, 0.2) is 6.29 Å². The summed E-state index contributed by atoms with van der Waals surface area (Å²) in [4.78, 5) is 15.0. The van der Waals surface area contributed by atoms with Crippen molar-refractivity contribution in [2.24, 2.45) is 5.92 Å². The Kier molecular flexibility index (Phi) is 10.8. The molecule has 2 amide bonds. The highest BCUT2D eigenvalue weighted by Crippen LogP contribution is 2.42. The molecule has 4 unspecified atom stereocenters. The Balaban J connectivity index is 1.16. The standard InChI is InChI=1S/C39H45N3O4/c1-28-36(26-42-20-6-3-7-21-42)45-38(46-37(28)32-18-16-30(27-43)17-19-32)35-15-9-14-34(23-35)33-13-8-12-31(22-33)25-41-39(44)40-24-29-10-4-2-5-11-29/h2,4-5,8-19,22-23,28,36-38,43H,3,6-7,20-21,24-27H2,1H3,(H2,40,41,44). The molecule has 2 fully saturated rings. The molecule has 6 rings (SSSR count). The molecule has 4 atom stereocenters. The van der Waals surface area contributed by atoms with Crippen LogP contribution in [0.5, 0.6) is 0 Å². The lowest BCUT2D eigenvalue weighted by Gasteiger charge is -2.43. The summed E-state index contributed by atoms with van der Waals surface area (Å²) in [6.45, 7) is 6.28. The number of hydrogen-bond acceptors (Lipinski definition) is 5. The molecule has 2 saturated heterocycles. The Labute approximate surface area is 272 Å². The van der Waals surface area contributed by atoms with Crippen LogP contribution in [0.1, 0.15) is 66.4 Å². The molecule has 2 aliphatic heterocycles. The van der Waals surface area contributed by atoms with E-state index in [4.69, 9.17) is 9.47 Å². The Morgan fingerprint density at radius 3 is 2.15 bits per heavy atom. The van der Waals surface area contributed by atoms with E-state index in [0.29, 0.717) is 13.1 Å². The second-order valence-corrected chi connectivity index (χ2v) is 12.5. The minimum absolute atomic E-state index is 0.0189. The van der Waals surface area contributed by atoms with Gasteiger partial charge in [0, 0.05) is 31.1 Å². The third kappa shape index (κ3) is 8.22. The minimum Gasteiger partial charge on any atom is -0.392 e. The monoisotopic (exact) mass is 619 g/mol. The molecule has 2 aliphatic rings. The number of urea groups is 1. The van der Waals surface area contributed by atoms with Gasteiger partial charge in [0.1, 0.15) is 0 Å². The van der Waals surface area contributed by atoms with Crippen molar-refractivity contribution in [2.45, 2.75) is 64.4 Å².